The first-order valence-corrected chi connectivity index (χ1v) is 10.2. The summed E-state index contributed by atoms with van der Waals surface area (Å²) in [6.45, 7) is 8.60. The molecular formula is C24H29N3O2. The number of carbonyl (C=O) groups is 1. The van der Waals surface area contributed by atoms with Gasteiger partial charge in [0.05, 0.1) is 11.2 Å². The molecule has 0 radical (unpaired) electrons. The molecule has 152 valence electrons. The summed E-state index contributed by atoms with van der Waals surface area (Å²) in [4.78, 5) is 28.8. The fraction of sp³-hybridized carbons (Fsp3) is 0.333. The summed E-state index contributed by atoms with van der Waals surface area (Å²) < 4.78 is 1.59. The number of nitrogens with zero attached hydrogens (tertiary/aromatic N) is 2. The van der Waals surface area contributed by atoms with Gasteiger partial charge >= 0.3 is 0 Å². The van der Waals surface area contributed by atoms with E-state index in [-0.39, 0.29) is 23.1 Å². The first-order valence-electron chi connectivity index (χ1n) is 10.2. The zero-order valence-corrected chi connectivity index (χ0v) is 17.8. The van der Waals surface area contributed by atoms with Crippen LogP contribution in [0.25, 0.3) is 10.9 Å². The van der Waals surface area contributed by atoms with E-state index in [4.69, 9.17) is 0 Å². The van der Waals surface area contributed by atoms with Crippen molar-refractivity contribution in [2.45, 2.75) is 40.2 Å². The Morgan fingerprint density at radius 3 is 2.34 bits per heavy atom. The van der Waals surface area contributed by atoms with Crippen molar-refractivity contribution in [1.29, 1.82) is 0 Å². The topological polar surface area (TPSA) is 54.3 Å². The van der Waals surface area contributed by atoms with Crippen molar-refractivity contribution >= 4 is 28.2 Å². The number of anilines is 2. The monoisotopic (exact) mass is 391 g/mol. The molecule has 1 amide bonds. The van der Waals surface area contributed by atoms with E-state index in [0.29, 0.717) is 12.2 Å². The second-order valence-electron chi connectivity index (χ2n) is 7.41. The maximum Gasteiger partial charge on any atom is 0.266 e. The highest BCUT2D eigenvalue weighted by Gasteiger charge is 2.28. The lowest BCUT2D eigenvalue weighted by molar-refractivity contribution is 0.0979. The molecular weight excluding hydrogens is 362 g/mol. The van der Waals surface area contributed by atoms with Crippen LogP contribution in [0.5, 0.6) is 0 Å². The molecule has 3 rings (SSSR count). The summed E-state index contributed by atoms with van der Waals surface area (Å²) in [5.74, 6) is -0.282. The highest BCUT2D eigenvalue weighted by atomic mass is 16.2. The summed E-state index contributed by atoms with van der Waals surface area (Å²) >= 11 is 0. The van der Waals surface area contributed by atoms with Crippen molar-refractivity contribution in [2.75, 3.05) is 16.8 Å². The summed E-state index contributed by atoms with van der Waals surface area (Å²) in [7, 11) is 1.73. The molecule has 0 fully saturated rings. The largest absolute Gasteiger partial charge is 0.384 e. The minimum absolute atomic E-state index is 0.0961. The van der Waals surface area contributed by atoms with Crippen molar-refractivity contribution in [1.82, 2.24) is 4.57 Å². The van der Waals surface area contributed by atoms with Gasteiger partial charge in [-0.1, -0.05) is 37.3 Å². The third-order valence-electron chi connectivity index (χ3n) is 5.23. The molecule has 0 aliphatic heterocycles. The van der Waals surface area contributed by atoms with Crippen LogP contribution in [0.1, 0.15) is 43.6 Å². The van der Waals surface area contributed by atoms with Crippen LogP contribution in [0.4, 0.5) is 11.4 Å². The molecule has 3 aromatic rings. The normalized spacial score (nSPS) is 11.1. The Hall–Kier alpha value is -3.08. The number of fused-ring (bicyclic) bond motifs is 1. The third kappa shape index (κ3) is 3.65. The molecule has 0 bridgehead atoms. The number of hydrogen-bond acceptors (Lipinski definition) is 3. The summed E-state index contributed by atoms with van der Waals surface area (Å²) in [6, 6.07) is 15.4. The van der Waals surface area contributed by atoms with Crippen molar-refractivity contribution < 1.29 is 4.79 Å². The number of para-hydroxylation sites is 1. The Labute approximate surface area is 172 Å². The molecule has 0 saturated heterocycles. The van der Waals surface area contributed by atoms with Crippen LogP contribution < -0.4 is 15.8 Å². The SMILES string of the molecule is CCNc1c(C(=O)N(c2ccccc2)C(C)C)c(=O)n(C)c2cccc(CC)c12. The Bertz CT molecular complexity index is 1080. The lowest BCUT2D eigenvalue weighted by atomic mass is 10.00. The minimum Gasteiger partial charge on any atom is -0.384 e. The minimum atomic E-state index is -0.284. The fourth-order valence-electron chi connectivity index (χ4n) is 3.87. The fourth-order valence-corrected chi connectivity index (χ4v) is 3.87. The molecule has 0 unspecified atom stereocenters. The summed E-state index contributed by atoms with van der Waals surface area (Å²) in [6.07, 6.45) is 0.814. The zero-order chi connectivity index (χ0) is 21.1. The summed E-state index contributed by atoms with van der Waals surface area (Å²) in [5.41, 5.74) is 3.26. The van der Waals surface area contributed by atoms with E-state index in [1.807, 2.05) is 63.2 Å². The number of carbonyl (C=O) groups excluding carboxylic acids is 1. The van der Waals surface area contributed by atoms with Crippen LogP contribution in [-0.2, 0) is 13.5 Å². The van der Waals surface area contributed by atoms with Gasteiger partial charge in [0.15, 0.2) is 0 Å². The molecule has 1 aromatic heterocycles. The molecule has 0 atom stereocenters. The van der Waals surface area contributed by atoms with Crippen molar-refractivity contribution in [3.05, 3.63) is 70.0 Å². The van der Waals surface area contributed by atoms with E-state index >= 15 is 0 Å². The highest BCUT2D eigenvalue weighted by Crippen LogP contribution is 2.31. The molecule has 1 N–H and O–H groups in total. The predicted octanol–water partition coefficient (Wildman–Crippen LogP) is 4.59. The molecule has 5 nitrogen and oxygen atoms in total. The van der Waals surface area contributed by atoms with Crippen LogP contribution in [-0.4, -0.2) is 23.1 Å². The molecule has 5 heteroatoms. The standard InChI is InChI=1S/C24H29N3O2/c1-6-17-12-11-15-19-20(17)22(25-7-2)21(23(28)26(19)5)24(29)27(16(3)4)18-13-9-8-10-14-18/h8-16,25H,6-7H2,1-5H3. The van der Waals surface area contributed by atoms with E-state index in [2.05, 4.69) is 18.3 Å². The second kappa shape index (κ2) is 8.52. The Morgan fingerprint density at radius 2 is 1.76 bits per heavy atom. The third-order valence-corrected chi connectivity index (χ3v) is 5.23. The number of rotatable bonds is 6. The number of amides is 1. The van der Waals surface area contributed by atoms with Gasteiger partial charge in [0.25, 0.3) is 11.5 Å². The molecule has 29 heavy (non-hydrogen) atoms. The van der Waals surface area contributed by atoms with E-state index in [0.717, 1.165) is 28.6 Å². The smallest absolute Gasteiger partial charge is 0.266 e. The number of pyridine rings is 1. The van der Waals surface area contributed by atoms with Gasteiger partial charge in [0, 0.05) is 30.7 Å². The van der Waals surface area contributed by atoms with Gasteiger partial charge in [-0.2, -0.15) is 0 Å². The number of nitrogens with one attached hydrogen (secondary N) is 1. The zero-order valence-electron chi connectivity index (χ0n) is 17.8. The van der Waals surface area contributed by atoms with E-state index in [9.17, 15) is 9.59 Å². The van der Waals surface area contributed by atoms with E-state index in [1.165, 1.54) is 0 Å². The molecule has 0 aliphatic rings. The molecule has 0 spiro atoms. The highest BCUT2D eigenvalue weighted by molar-refractivity contribution is 6.14. The van der Waals surface area contributed by atoms with Crippen LogP contribution in [0, 0.1) is 0 Å². The average molecular weight is 392 g/mol. The van der Waals surface area contributed by atoms with Crippen molar-refractivity contribution in [2.24, 2.45) is 7.05 Å². The number of benzene rings is 2. The maximum atomic E-state index is 13.8. The van der Waals surface area contributed by atoms with Crippen LogP contribution in [0.2, 0.25) is 0 Å². The van der Waals surface area contributed by atoms with Gasteiger partial charge in [0.2, 0.25) is 0 Å². The van der Waals surface area contributed by atoms with Crippen molar-refractivity contribution in [3.63, 3.8) is 0 Å². The van der Waals surface area contributed by atoms with Crippen LogP contribution in [0.3, 0.4) is 0 Å². The predicted molar refractivity (Wildman–Crippen MR) is 121 cm³/mol. The van der Waals surface area contributed by atoms with Gasteiger partial charge in [-0.05, 0) is 51.0 Å². The number of aromatic nitrogens is 1. The lowest BCUT2D eigenvalue weighted by Crippen LogP contribution is -2.41. The van der Waals surface area contributed by atoms with Gasteiger partial charge in [-0.15, -0.1) is 0 Å². The van der Waals surface area contributed by atoms with Gasteiger partial charge in [-0.25, -0.2) is 0 Å². The van der Waals surface area contributed by atoms with Crippen LogP contribution in [0.15, 0.2) is 53.3 Å². The number of aryl methyl sites for hydroxylation is 2. The first kappa shape index (κ1) is 20.6. The number of hydrogen-bond donors (Lipinski definition) is 1. The quantitative estimate of drug-likeness (QED) is 0.669. The molecule has 1 heterocycles. The summed E-state index contributed by atoms with van der Waals surface area (Å²) in [5, 5.41) is 4.27. The van der Waals surface area contributed by atoms with Crippen LogP contribution >= 0.6 is 0 Å². The van der Waals surface area contributed by atoms with Gasteiger partial charge in [0.1, 0.15) is 5.56 Å². The Kier molecular flexibility index (Phi) is 6.06. The Morgan fingerprint density at radius 1 is 1.07 bits per heavy atom. The molecule has 2 aromatic carbocycles. The molecule has 0 aliphatic carbocycles. The molecule has 0 saturated carbocycles. The maximum absolute atomic E-state index is 13.8. The average Bonchev–Trinajstić information content (AvgIpc) is 2.72. The van der Waals surface area contributed by atoms with E-state index < -0.39 is 0 Å². The lowest BCUT2D eigenvalue weighted by Gasteiger charge is -2.28. The first-order chi connectivity index (χ1) is 13.9. The van der Waals surface area contributed by atoms with Crippen molar-refractivity contribution in [3.8, 4) is 0 Å². The van der Waals surface area contributed by atoms with E-state index in [1.54, 1.807) is 16.5 Å². The van der Waals surface area contributed by atoms with Gasteiger partial charge in [-0.3, -0.25) is 9.59 Å². The Balaban J connectivity index is 2.36. The van der Waals surface area contributed by atoms with Gasteiger partial charge < -0.3 is 14.8 Å². The second-order valence-corrected chi connectivity index (χ2v) is 7.41.